The molecule has 2 heterocycles. The van der Waals surface area contributed by atoms with Gasteiger partial charge >= 0.3 is 0 Å². The Morgan fingerprint density at radius 2 is 1.61 bits per heavy atom. The summed E-state index contributed by atoms with van der Waals surface area (Å²) in [6.45, 7) is 15.1. The van der Waals surface area contributed by atoms with Gasteiger partial charge in [-0.2, -0.15) is 0 Å². The second kappa shape index (κ2) is 3.81. The van der Waals surface area contributed by atoms with Gasteiger partial charge in [0.2, 0.25) is 0 Å². The van der Waals surface area contributed by atoms with Crippen molar-refractivity contribution in [1.29, 1.82) is 0 Å². The smallest absolute Gasteiger partial charge is 0.144 e. The third kappa shape index (κ3) is 2.14. The zero-order chi connectivity index (χ0) is 13.7. The lowest BCUT2D eigenvalue weighted by Gasteiger charge is -2.23. The molecule has 98 valence electrons. The molecule has 2 aromatic rings. The molecule has 0 spiro atoms. The van der Waals surface area contributed by atoms with E-state index in [0.717, 1.165) is 22.6 Å². The Morgan fingerprint density at radius 1 is 1.00 bits per heavy atom. The van der Waals surface area contributed by atoms with Gasteiger partial charge in [0.15, 0.2) is 0 Å². The molecule has 0 aromatic carbocycles. The van der Waals surface area contributed by atoms with Crippen molar-refractivity contribution in [2.45, 2.75) is 59.4 Å². The van der Waals surface area contributed by atoms with Crippen molar-refractivity contribution < 1.29 is 0 Å². The molecule has 0 atom stereocenters. The van der Waals surface area contributed by atoms with Crippen molar-refractivity contribution in [3.63, 3.8) is 0 Å². The van der Waals surface area contributed by atoms with E-state index in [4.69, 9.17) is 4.98 Å². The minimum Gasteiger partial charge on any atom is -0.327 e. The number of hydrogen-bond acceptors (Lipinski definition) is 2. The van der Waals surface area contributed by atoms with Crippen molar-refractivity contribution in [1.82, 2.24) is 14.5 Å². The Labute approximate surface area is 109 Å². The highest BCUT2D eigenvalue weighted by Gasteiger charge is 2.22. The highest BCUT2D eigenvalue weighted by molar-refractivity contribution is 5.79. The summed E-state index contributed by atoms with van der Waals surface area (Å²) in [4.78, 5) is 9.43. The summed E-state index contributed by atoms with van der Waals surface area (Å²) in [5, 5.41) is 1.15. The SMILES string of the molecule is Cc1nc(C(C)(C)C)nc2c1ccn2C(C)(C)C. The van der Waals surface area contributed by atoms with Crippen molar-refractivity contribution in [2.24, 2.45) is 0 Å². The van der Waals surface area contributed by atoms with E-state index in [9.17, 15) is 0 Å². The highest BCUT2D eigenvalue weighted by Crippen LogP contribution is 2.27. The highest BCUT2D eigenvalue weighted by atomic mass is 15.1. The third-order valence-corrected chi connectivity index (χ3v) is 3.13. The van der Waals surface area contributed by atoms with Gasteiger partial charge in [0.05, 0.1) is 5.69 Å². The molecule has 0 aliphatic heterocycles. The average Bonchev–Trinajstić information content (AvgIpc) is 2.59. The summed E-state index contributed by atoms with van der Waals surface area (Å²) in [5.41, 5.74) is 2.12. The maximum Gasteiger partial charge on any atom is 0.144 e. The molecule has 3 nitrogen and oxygen atoms in total. The fourth-order valence-corrected chi connectivity index (χ4v) is 2.04. The molecule has 0 fully saturated rings. The Kier molecular flexibility index (Phi) is 2.76. The first-order valence-corrected chi connectivity index (χ1v) is 6.47. The first-order chi connectivity index (χ1) is 8.10. The Bertz CT molecular complexity index is 580. The van der Waals surface area contributed by atoms with Crippen LogP contribution in [0.3, 0.4) is 0 Å². The topological polar surface area (TPSA) is 30.7 Å². The van der Waals surface area contributed by atoms with Gasteiger partial charge < -0.3 is 4.57 Å². The lowest BCUT2D eigenvalue weighted by atomic mass is 9.95. The first-order valence-electron chi connectivity index (χ1n) is 6.47. The summed E-state index contributed by atoms with van der Waals surface area (Å²) >= 11 is 0. The van der Waals surface area contributed by atoms with Crippen molar-refractivity contribution in [3.8, 4) is 0 Å². The van der Waals surface area contributed by atoms with E-state index in [1.165, 1.54) is 0 Å². The van der Waals surface area contributed by atoms with E-state index >= 15 is 0 Å². The van der Waals surface area contributed by atoms with Crippen LogP contribution < -0.4 is 0 Å². The van der Waals surface area contributed by atoms with Crippen LogP contribution in [0.4, 0.5) is 0 Å². The average molecular weight is 245 g/mol. The molecule has 18 heavy (non-hydrogen) atoms. The molecule has 0 amide bonds. The maximum atomic E-state index is 4.79. The first kappa shape index (κ1) is 13.1. The Morgan fingerprint density at radius 3 is 2.11 bits per heavy atom. The maximum absolute atomic E-state index is 4.79. The zero-order valence-electron chi connectivity index (χ0n) is 12.5. The lowest BCUT2D eigenvalue weighted by Crippen LogP contribution is -2.23. The van der Waals surface area contributed by atoms with Gasteiger partial charge in [0.1, 0.15) is 11.5 Å². The van der Waals surface area contributed by atoms with Crippen molar-refractivity contribution in [2.75, 3.05) is 0 Å². The van der Waals surface area contributed by atoms with Gasteiger partial charge in [0.25, 0.3) is 0 Å². The number of rotatable bonds is 0. The van der Waals surface area contributed by atoms with E-state index in [1.54, 1.807) is 0 Å². The fourth-order valence-electron chi connectivity index (χ4n) is 2.04. The minimum absolute atomic E-state index is 0.0219. The van der Waals surface area contributed by atoms with Gasteiger partial charge in [-0.25, -0.2) is 9.97 Å². The van der Waals surface area contributed by atoms with E-state index < -0.39 is 0 Å². The largest absolute Gasteiger partial charge is 0.327 e. The fraction of sp³-hybridized carbons (Fsp3) is 0.600. The molecule has 0 bridgehead atoms. The quantitative estimate of drug-likeness (QED) is 0.707. The zero-order valence-corrected chi connectivity index (χ0v) is 12.5. The van der Waals surface area contributed by atoms with Gasteiger partial charge in [-0.1, -0.05) is 20.8 Å². The number of nitrogens with zero attached hydrogens (tertiary/aromatic N) is 3. The van der Waals surface area contributed by atoms with Gasteiger partial charge in [0, 0.05) is 22.5 Å². The van der Waals surface area contributed by atoms with E-state index in [2.05, 4.69) is 70.3 Å². The molecule has 0 saturated carbocycles. The Hall–Kier alpha value is -1.38. The van der Waals surface area contributed by atoms with Crippen LogP contribution in [0.5, 0.6) is 0 Å². The molecule has 0 unspecified atom stereocenters. The van der Waals surface area contributed by atoms with Gasteiger partial charge in [-0.05, 0) is 33.8 Å². The summed E-state index contributed by atoms with van der Waals surface area (Å²) in [6.07, 6.45) is 2.11. The van der Waals surface area contributed by atoms with Crippen molar-refractivity contribution in [3.05, 3.63) is 23.8 Å². The molecule has 0 N–H and O–H groups in total. The Balaban J connectivity index is 2.77. The minimum atomic E-state index is -0.0219. The second-order valence-corrected chi connectivity index (χ2v) is 6.98. The molecule has 0 saturated heterocycles. The van der Waals surface area contributed by atoms with Crippen LogP contribution in [0.25, 0.3) is 11.0 Å². The molecule has 2 aromatic heterocycles. The van der Waals surface area contributed by atoms with E-state index in [0.29, 0.717) is 0 Å². The molecule has 0 aliphatic rings. The number of fused-ring (bicyclic) bond motifs is 1. The second-order valence-electron chi connectivity index (χ2n) is 6.98. The van der Waals surface area contributed by atoms with Crippen LogP contribution in [0.2, 0.25) is 0 Å². The summed E-state index contributed by atoms with van der Waals surface area (Å²) in [6, 6.07) is 2.11. The van der Waals surface area contributed by atoms with E-state index in [-0.39, 0.29) is 11.0 Å². The molecule has 0 aliphatic carbocycles. The van der Waals surface area contributed by atoms with Crippen LogP contribution in [0, 0.1) is 6.92 Å². The van der Waals surface area contributed by atoms with Gasteiger partial charge in [-0.15, -0.1) is 0 Å². The van der Waals surface area contributed by atoms with Crippen LogP contribution in [0.1, 0.15) is 53.1 Å². The summed E-state index contributed by atoms with van der Waals surface area (Å²) in [5.74, 6) is 0.914. The molecular formula is C15H23N3. The standard InChI is InChI=1S/C15H23N3/c1-10-11-8-9-18(15(5,6)7)12(11)17-13(16-10)14(2,3)4/h8-9H,1-7H3. The van der Waals surface area contributed by atoms with Gasteiger partial charge in [-0.3, -0.25) is 0 Å². The number of aryl methyl sites for hydroxylation is 1. The molecule has 2 rings (SSSR count). The number of hydrogen-bond donors (Lipinski definition) is 0. The van der Waals surface area contributed by atoms with Crippen molar-refractivity contribution >= 4 is 11.0 Å². The lowest BCUT2D eigenvalue weighted by molar-refractivity contribution is 0.407. The molecule has 0 radical (unpaired) electrons. The van der Waals surface area contributed by atoms with Crippen LogP contribution in [-0.2, 0) is 11.0 Å². The molecular weight excluding hydrogens is 222 g/mol. The monoisotopic (exact) mass is 245 g/mol. The predicted molar refractivity (Wildman–Crippen MR) is 76.0 cm³/mol. The van der Waals surface area contributed by atoms with Crippen LogP contribution in [-0.4, -0.2) is 14.5 Å². The summed E-state index contributed by atoms with van der Waals surface area (Å²) < 4.78 is 2.23. The van der Waals surface area contributed by atoms with E-state index in [1.807, 2.05) is 0 Å². The van der Waals surface area contributed by atoms with Crippen LogP contribution >= 0.6 is 0 Å². The number of aromatic nitrogens is 3. The third-order valence-electron chi connectivity index (χ3n) is 3.13. The molecule has 3 heteroatoms. The summed E-state index contributed by atoms with van der Waals surface area (Å²) in [7, 11) is 0. The van der Waals surface area contributed by atoms with Crippen LogP contribution in [0.15, 0.2) is 12.3 Å². The predicted octanol–water partition coefficient (Wildman–Crippen LogP) is 3.79. The normalized spacial score (nSPS) is 13.3.